The Labute approximate surface area is 236 Å². The molecule has 0 saturated heterocycles. The maximum absolute atomic E-state index is 11.4. The fourth-order valence-electron chi connectivity index (χ4n) is 6.40. The number of methoxy groups -OCH3 is 1. The van der Waals surface area contributed by atoms with Gasteiger partial charge in [-0.25, -0.2) is 0 Å². The maximum atomic E-state index is 11.4. The summed E-state index contributed by atoms with van der Waals surface area (Å²) in [5.74, 6) is 8.15. The monoisotopic (exact) mass is 562 g/mol. The van der Waals surface area contributed by atoms with Gasteiger partial charge in [-0.3, -0.25) is 0 Å². The minimum Gasteiger partial charge on any atom is -0.413 e. The largest absolute Gasteiger partial charge is 0.413 e. The van der Waals surface area contributed by atoms with Gasteiger partial charge in [0, 0.05) is 13.0 Å². The molecule has 0 radical (unpaired) electrons. The lowest BCUT2D eigenvalue weighted by Crippen LogP contribution is -2.74. The molecule has 3 saturated carbocycles. The zero-order valence-electron chi connectivity index (χ0n) is 26.5. The van der Waals surface area contributed by atoms with E-state index in [0.717, 1.165) is 12.8 Å². The van der Waals surface area contributed by atoms with Crippen LogP contribution in [0.25, 0.3) is 0 Å². The van der Waals surface area contributed by atoms with Crippen molar-refractivity contribution in [3.8, 4) is 11.8 Å². The molecule has 3 rings (SSSR count). The quantitative estimate of drug-likeness (QED) is 0.194. The summed E-state index contributed by atoms with van der Waals surface area (Å²) in [6.45, 7) is 27.2. The van der Waals surface area contributed by atoms with E-state index >= 15 is 0 Å². The highest BCUT2D eigenvalue weighted by Gasteiger charge is 2.69. The number of ether oxygens (including phenoxy) is 1. The summed E-state index contributed by atoms with van der Waals surface area (Å²) in [6, 6.07) is 0. The van der Waals surface area contributed by atoms with Crippen LogP contribution in [0.1, 0.15) is 92.9 Å². The minimum absolute atomic E-state index is 0.00663. The second-order valence-corrected chi connectivity index (χ2v) is 25.0. The third-order valence-corrected chi connectivity index (χ3v) is 20.1. The molecule has 38 heavy (non-hydrogen) atoms. The van der Waals surface area contributed by atoms with Gasteiger partial charge in [-0.1, -0.05) is 78.7 Å². The van der Waals surface area contributed by atoms with Crippen LogP contribution in [0, 0.1) is 29.6 Å². The van der Waals surface area contributed by atoms with E-state index in [2.05, 4.69) is 86.2 Å². The Morgan fingerprint density at radius 2 is 1.53 bits per heavy atom. The van der Waals surface area contributed by atoms with Crippen molar-refractivity contribution in [2.45, 2.75) is 153 Å². The van der Waals surface area contributed by atoms with Gasteiger partial charge in [0.05, 0.1) is 12.0 Å². The highest BCUT2D eigenvalue weighted by molar-refractivity contribution is 6.74. The molecule has 0 amide bonds. The van der Waals surface area contributed by atoms with Gasteiger partial charge in [-0.15, -0.1) is 6.58 Å². The Kier molecular flexibility index (Phi) is 9.37. The zero-order valence-corrected chi connectivity index (χ0v) is 28.5. The van der Waals surface area contributed by atoms with Gasteiger partial charge < -0.3 is 18.7 Å². The molecular weight excluding hydrogens is 505 g/mol. The fourth-order valence-corrected chi connectivity index (χ4v) is 9.01. The van der Waals surface area contributed by atoms with E-state index in [-0.39, 0.29) is 34.1 Å². The number of fused-ring (bicyclic) bond motifs is 1. The van der Waals surface area contributed by atoms with E-state index in [9.17, 15) is 5.11 Å². The number of hydrogen-bond donors (Lipinski definition) is 1. The first-order valence-corrected chi connectivity index (χ1v) is 20.9. The summed E-state index contributed by atoms with van der Waals surface area (Å²) < 4.78 is 20.3. The molecule has 218 valence electrons. The second-order valence-electron chi connectivity index (χ2n) is 15.5. The first-order valence-electron chi connectivity index (χ1n) is 15.1. The molecule has 4 nitrogen and oxygen atoms in total. The fraction of sp³-hybridized carbons (Fsp3) is 0.875. The second kappa shape index (κ2) is 11.1. The molecule has 0 bridgehead atoms. The third-order valence-electron chi connectivity index (χ3n) is 11.1. The average molecular weight is 563 g/mol. The predicted octanol–water partition coefficient (Wildman–Crippen LogP) is 8.08. The molecular formula is C32H58O4Si2. The summed E-state index contributed by atoms with van der Waals surface area (Å²) in [5.41, 5.74) is -1.64. The summed E-state index contributed by atoms with van der Waals surface area (Å²) in [5, 5.41) is 11.7. The standard InChI is InChI=1S/C32H58O4Si2/c1-13-31(33)23-26-25(28(21-22-32(26,31)34-8)36-38(11,12)30(5,6)7)19-20-27(24-17-15-14-16-18-24)35-37(9,10)29(2,3)4/h13,24-28,33H,1,14-18,21-23H2,2-12H3/t25-,26-,27+,28-,31?,32-/m0/s1. The van der Waals surface area contributed by atoms with E-state index < -0.39 is 27.8 Å². The lowest BCUT2D eigenvalue weighted by Gasteiger charge is -2.64. The SMILES string of the molecule is C=CC1(O)C[C@H]2[C@H](C#C[C@@H](O[Si](C)(C)C(C)(C)C)C3CCCCC3)[C@@H](O[Si](C)(C)C(C)(C)C)CC[C@]21OC. The summed E-state index contributed by atoms with van der Waals surface area (Å²) in [4.78, 5) is 0. The Balaban J connectivity index is 2.01. The average Bonchev–Trinajstić information content (AvgIpc) is 2.81. The van der Waals surface area contributed by atoms with Gasteiger partial charge >= 0.3 is 0 Å². The first-order chi connectivity index (χ1) is 17.3. The summed E-state index contributed by atoms with van der Waals surface area (Å²) in [6.07, 6.45) is 10.2. The van der Waals surface area contributed by atoms with E-state index in [4.69, 9.17) is 13.6 Å². The number of aliphatic hydroxyl groups is 1. The van der Waals surface area contributed by atoms with Crippen LogP contribution in [0.4, 0.5) is 0 Å². The molecule has 0 aromatic rings. The Morgan fingerprint density at radius 3 is 2.03 bits per heavy atom. The van der Waals surface area contributed by atoms with Gasteiger partial charge in [0.15, 0.2) is 16.6 Å². The number of hydrogen-bond acceptors (Lipinski definition) is 4. The van der Waals surface area contributed by atoms with Crippen LogP contribution in [0.3, 0.4) is 0 Å². The lowest BCUT2D eigenvalue weighted by molar-refractivity contribution is -0.283. The van der Waals surface area contributed by atoms with Gasteiger partial charge in [-0.2, -0.15) is 0 Å². The lowest BCUT2D eigenvalue weighted by atomic mass is 9.48. The molecule has 3 aliphatic rings. The van der Waals surface area contributed by atoms with Crippen molar-refractivity contribution in [3.63, 3.8) is 0 Å². The van der Waals surface area contributed by atoms with Crippen molar-refractivity contribution in [2.24, 2.45) is 17.8 Å². The van der Waals surface area contributed by atoms with Crippen LogP contribution >= 0.6 is 0 Å². The van der Waals surface area contributed by atoms with Crippen molar-refractivity contribution in [2.75, 3.05) is 7.11 Å². The van der Waals surface area contributed by atoms with Crippen LogP contribution < -0.4 is 0 Å². The molecule has 0 aromatic carbocycles. The molecule has 6 atom stereocenters. The normalized spacial score (nSPS) is 33.9. The third kappa shape index (κ3) is 5.95. The topological polar surface area (TPSA) is 47.9 Å². The number of rotatable bonds is 7. The summed E-state index contributed by atoms with van der Waals surface area (Å²) >= 11 is 0. The smallest absolute Gasteiger partial charge is 0.193 e. The first kappa shape index (κ1) is 32.1. The molecule has 1 N–H and O–H groups in total. The van der Waals surface area contributed by atoms with Gasteiger partial charge in [0.2, 0.25) is 0 Å². The van der Waals surface area contributed by atoms with Gasteiger partial charge in [0.1, 0.15) is 17.3 Å². The van der Waals surface area contributed by atoms with Crippen molar-refractivity contribution in [1.29, 1.82) is 0 Å². The predicted molar refractivity (Wildman–Crippen MR) is 164 cm³/mol. The molecule has 3 fully saturated rings. The highest BCUT2D eigenvalue weighted by atomic mass is 28.4. The van der Waals surface area contributed by atoms with Crippen LogP contribution in [0.15, 0.2) is 12.7 Å². The van der Waals surface area contributed by atoms with Crippen molar-refractivity contribution >= 4 is 16.6 Å². The Hall–Kier alpha value is -0.426. The zero-order chi connectivity index (χ0) is 28.8. The molecule has 6 heteroatoms. The minimum atomic E-state index is -2.01. The van der Waals surface area contributed by atoms with E-state index in [1.807, 2.05) is 0 Å². The van der Waals surface area contributed by atoms with Gasteiger partial charge in [-0.05, 0) is 74.3 Å². The van der Waals surface area contributed by atoms with E-state index in [1.165, 1.54) is 32.1 Å². The van der Waals surface area contributed by atoms with Gasteiger partial charge in [0.25, 0.3) is 0 Å². The molecule has 3 aliphatic carbocycles. The van der Waals surface area contributed by atoms with E-state index in [1.54, 1.807) is 13.2 Å². The Bertz CT molecular complexity index is 899. The maximum Gasteiger partial charge on any atom is 0.193 e. The molecule has 0 aromatic heterocycles. The van der Waals surface area contributed by atoms with Crippen molar-refractivity contribution in [1.82, 2.24) is 0 Å². The molecule has 0 spiro atoms. The Morgan fingerprint density at radius 1 is 0.947 bits per heavy atom. The molecule has 0 heterocycles. The summed E-state index contributed by atoms with van der Waals surface area (Å²) in [7, 11) is -2.26. The van der Waals surface area contributed by atoms with Crippen LogP contribution in [-0.2, 0) is 13.6 Å². The van der Waals surface area contributed by atoms with E-state index in [0.29, 0.717) is 12.3 Å². The van der Waals surface area contributed by atoms with Crippen LogP contribution in [0.5, 0.6) is 0 Å². The van der Waals surface area contributed by atoms with Crippen LogP contribution in [0.2, 0.25) is 36.3 Å². The highest BCUT2D eigenvalue weighted by Crippen LogP contribution is 2.60. The molecule has 1 unspecified atom stereocenters. The van der Waals surface area contributed by atoms with Crippen molar-refractivity contribution < 1.29 is 18.7 Å². The molecule has 0 aliphatic heterocycles. The van der Waals surface area contributed by atoms with Crippen LogP contribution in [-0.4, -0.2) is 52.3 Å². The van der Waals surface area contributed by atoms with Crippen molar-refractivity contribution in [3.05, 3.63) is 12.7 Å².